The molecule has 6 heteroatoms. The Balaban J connectivity index is 1.66. The van der Waals surface area contributed by atoms with Crippen molar-refractivity contribution in [2.24, 2.45) is 0 Å². The Hall–Kier alpha value is -2.08. The van der Waals surface area contributed by atoms with Gasteiger partial charge in [-0.2, -0.15) is 8.78 Å². The van der Waals surface area contributed by atoms with E-state index in [1.54, 1.807) is 0 Å². The standard InChI is InChI=1S/C19H20F2N4/c20-19(21)6-4-15-16(23-18(24-17(15)19)25-8-1-9-25)13-2-3-14-11-22-7-5-12(14)10-13/h2-3,10,22H,1,4-9,11H2. The molecular weight excluding hydrogens is 322 g/mol. The zero-order valence-corrected chi connectivity index (χ0v) is 14.0. The van der Waals surface area contributed by atoms with E-state index >= 15 is 0 Å². The molecule has 1 aromatic carbocycles. The van der Waals surface area contributed by atoms with Crippen molar-refractivity contribution in [3.63, 3.8) is 0 Å². The van der Waals surface area contributed by atoms with Gasteiger partial charge in [0.2, 0.25) is 5.95 Å². The largest absolute Gasteiger partial charge is 0.341 e. The predicted molar refractivity (Wildman–Crippen MR) is 91.9 cm³/mol. The van der Waals surface area contributed by atoms with Crippen LogP contribution in [0.4, 0.5) is 14.7 Å². The molecule has 4 nitrogen and oxygen atoms in total. The number of alkyl halides is 2. The number of anilines is 1. The van der Waals surface area contributed by atoms with E-state index in [1.165, 1.54) is 11.1 Å². The van der Waals surface area contributed by atoms with Crippen molar-refractivity contribution in [2.45, 2.75) is 38.2 Å². The van der Waals surface area contributed by atoms with Crippen LogP contribution in [-0.2, 0) is 25.3 Å². The van der Waals surface area contributed by atoms with E-state index in [4.69, 9.17) is 4.98 Å². The molecule has 0 saturated carbocycles. The van der Waals surface area contributed by atoms with E-state index in [0.717, 1.165) is 44.6 Å². The minimum Gasteiger partial charge on any atom is -0.341 e. The highest BCUT2D eigenvalue weighted by Gasteiger charge is 2.43. The SMILES string of the molecule is FC1(F)CCc2c(-c3ccc4c(c3)CCNC4)nc(N3CCC3)nc21. The van der Waals surface area contributed by atoms with Crippen molar-refractivity contribution >= 4 is 5.95 Å². The molecule has 2 aromatic rings. The lowest BCUT2D eigenvalue weighted by Gasteiger charge is -2.31. The summed E-state index contributed by atoms with van der Waals surface area (Å²) in [6, 6.07) is 6.25. The van der Waals surface area contributed by atoms with Gasteiger partial charge in [-0.3, -0.25) is 0 Å². The maximum Gasteiger partial charge on any atom is 0.290 e. The van der Waals surface area contributed by atoms with Crippen molar-refractivity contribution in [3.05, 3.63) is 40.6 Å². The van der Waals surface area contributed by atoms with Crippen LogP contribution in [0, 0.1) is 0 Å². The summed E-state index contributed by atoms with van der Waals surface area (Å²) in [5.74, 6) is -2.38. The van der Waals surface area contributed by atoms with Crippen molar-refractivity contribution in [3.8, 4) is 11.3 Å². The molecule has 1 saturated heterocycles. The Morgan fingerprint density at radius 2 is 1.96 bits per heavy atom. The Morgan fingerprint density at radius 1 is 1.08 bits per heavy atom. The highest BCUT2D eigenvalue weighted by Crippen LogP contribution is 2.44. The van der Waals surface area contributed by atoms with Gasteiger partial charge in [0.1, 0.15) is 5.69 Å². The average molecular weight is 342 g/mol. The third-order valence-corrected chi connectivity index (χ3v) is 5.54. The number of nitrogens with one attached hydrogen (secondary N) is 1. The van der Waals surface area contributed by atoms with Crippen LogP contribution < -0.4 is 10.2 Å². The number of nitrogens with zero attached hydrogens (tertiary/aromatic N) is 3. The molecule has 1 aromatic heterocycles. The number of benzene rings is 1. The van der Waals surface area contributed by atoms with Crippen LogP contribution in [0.1, 0.15) is 35.2 Å². The molecule has 5 rings (SSSR count). The van der Waals surface area contributed by atoms with E-state index in [9.17, 15) is 8.78 Å². The van der Waals surface area contributed by atoms with Crippen LogP contribution in [0.3, 0.4) is 0 Å². The van der Waals surface area contributed by atoms with Gasteiger partial charge in [-0.15, -0.1) is 0 Å². The Labute approximate surface area is 145 Å². The fourth-order valence-electron chi connectivity index (χ4n) is 3.93. The highest BCUT2D eigenvalue weighted by atomic mass is 19.3. The fraction of sp³-hybridized carbons (Fsp3) is 0.474. The Morgan fingerprint density at radius 3 is 2.76 bits per heavy atom. The quantitative estimate of drug-likeness (QED) is 0.911. The van der Waals surface area contributed by atoms with E-state index in [1.807, 2.05) is 11.0 Å². The molecule has 3 aliphatic rings. The summed E-state index contributed by atoms with van der Waals surface area (Å²) in [5, 5.41) is 3.36. The summed E-state index contributed by atoms with van der Waals surface area (Å²) >= 11 is 0. The monoisotopic (exact) mass is 342 g/mol. The van der Waals surface area contributed by atoms with E-state index < -0.39 is 5.92 Å². The molecule has 0 atom stereocenters. The van der Waals surface area contributed by atoms with Gasteiger partial charge in [0.15, 0.2) is 0 Å². The zero-order chi connectivity index (χ0) is 17.0. The lowest BCUT2D eigenvalue weighted by Crippen LogP contribution is -2.38. The molecule has 0 unspecified atom stereocenters. The second kappa shape index (κ2) is 5.46. The van der Waals surface area contributed by atoms with Crippen molar-refractivity contribution < 1.29 is 8.78 Å². The molecule has 1 aliphatic carbocycles. The topological polar surface area (TPSA) is 41.1 Å². The van der Waals surface area contributed by atoms with Crippen LogP contribution >= 0.6 is 0 Å². The molecule has 2 aliphatic heterocycles. The van der Waals surface area contributed by atoms with Crippen molar-refractivity contribution in [2.75, 3.05) is 24.5 Å². The maximum absolute atomic E-state index is 14.4. The fourth-order valence-corrected chi connectivity index (χ4v) is 3.93. The number of hydrogen-bond acceptors (Lipinski definition) is 4. The van der Waals surface area contributed by atoms with Gasteiger partial charge in [0, 0.05) is 37.2 Å². The third-order valence-electron chi connectivity index (χ3n) is 5.54. The van der Waals surface area contributed by atoms with Crippen LogP contribution in [-0.4, -0.2) is 29.6 Å². The maximum atomic E-state index is 14.4. The first kappa shape index (κ1) is 15.2. The summed E-state index contributed by atoms with van der Waals surface area (Å²) in [6.07, 6.45) is 2.21. The first-order valence-electron chi connectivity index (χ1n) is 8.99. The number of aromatic nitrogens is 2. The summed E-state index contributed by atoms with van der Waals surface area (Å²) < 4.78 is 28.7. The lowest BCUT2D eigenvalue weighted by molar-refractivity contribution is -0.00593. The molecule has 0 bridgehead atoms. The van der Waals surface area contributed by atoms with Gasteiger partial charge >= 0.3 is 0 Å². The average Bonchev–Trinajstić information content (AvgIpc) is 2.88. The van der Waals surface area contributed by atoms with Gasteiger partial charge < -0.3 is 10.2 Å². The number of rotatable bonds is 2. The highest BCUT2D eigenvalue weighted by molar-refractivity contribution is 5.68. The van der Waals surface area contributed by atoms with Crippen molar-refractivity contribution in [1.82, 2.24) is 15.3 Å². The number of hydrogen-bond donors (Lipinski definition) is 1. The molecule has 0 amide bonds. The van der Waals surface area contributed by atoms with E-state index in [0.29, 0.717) is 23.6 Å². The van der Waals surface area contributed by atoms with Gasteiger partial charge in [-0.05, 0) is 43.0 Å². The minimum atomic E-state index is -2.84. The van der Waals surface area contributed by atoms with Crippen LogP contribution in [0.25, 0.3) is 11.3 Å². The second-order valence-electron chi connectivity index (χ2n) is 7.15. The van der Waals surface area contributed by atoms with Gasteiger partial charge in [-0.25, -0.2) is 9.97 Å². The molecule has 3 heterocycles. The van der Waals surface area contributed by atoms with Crippen LogP contribution in [0.2, 0.25) is 0 Å². The van der Waals surface area contributed by atoms with Crippen molar-refractivity contribution in [1.29, 1.82) is 0 Å². The summed E-state index contributed by atoms with van der Waals surface area (Å²) in [5.41, 5.74) is 4.79. The molecule has 0 radical (unpaired) electrons. The van der Waals surface area contributed by atoms with Crippen LogP contribution in [0.15, 0.2) is 18.2 Å². The zero-order valence-electron chi connectivity index (χ0n) is 14.0. The van der Waals surface area contributed by atoms with E-state index in [-0.39, 0.29) is 12.1 Å². The Bertz CT molecular complexity index is 846. The lowest BCUT2D eigenvalue weighted by atomic mass is 9.95. The summed E-state index contributed by atoms with van der Waals surface area (Å²) in [6.45, 7) is 3.52. The molecule has 25 heavy (non-hydrogen) atoms. The molecule has 1 fully saturated rings. The normalized spacial score (nSPS) is 20.8. The van der Waals surface area contributed by atoms with Gasteiger partial charge in [0.25, 0.3) is 5.92 Å². The summed E-state index contributed by atoms with van der Waals surface area (Å²) in [7, 11) is 0. The van der Waals surface area contributed by atoms with E-state index in [2.05, 4.69) is 22.4 Å². The smallest absolute Gasteiger partial charge is 0.290 e. The molecular formula is C19H20F2N4. The first-order chi connectivity index (χ1) is 12.1. The van der Waals surface area contributed by atoms with Gasteiger partial charge in [-0.1, -0.05) is 12.1 Å². The summed E-state index contributed by atoms with van der Waals surface area (Å²) in [4.78, 5) is 11.0. The molecule has 0 spiro atoms. The van der Waals surface area contributed by atoms with Crippen LogP contribution in [0.5, 0.6) is 0 Å². The Kier molecular flexibility index (Phi) is 3.32. The number of halogens is 2. The predicted octanol–water partition coefficient (Wildman–Crippen LogP) is 3.04. The molecule has 130 valence electrons. The van der Waals surface area contributed by atoms with Gasteiger partial charge in [0.05, 0.1) is 5.69 Å². The second-order valence-corrected chi connectivity index (χ2v) is 7.15. The third kappa shape index (κ3) is 2.42. The molecule has 1 N–H and O–H groups in total. The first-order valence-corrected chi connectivity index (χ1v) is 8.99. The number of fused-ring (bicyclic) bond motifs is 2. The minimum absolute atomic E-state index is 0.0567.